The Hall–Kier alpha value is -2.30. The summed E-state index contributed by atoms with van der Waals surface area (Å²) in [6.45, 7) is 0. The molecule has 0 saturated carbocycles. The number of hydrogen-bond acceptors (Lipinski definition) is 4. The summed E-state index contributed by atoms with van der Waals surface area (Å²) in [6, 6.07) is 6.48. The fourth-order valence-corrected chi connectivity index (χ4v) is 1.37. The summed E-state index contributed by atoms with van der Waals surface area (Å²) in [7, 11) is 0. The maximum Gasteiger partial charge on any atom is 0.340 e. The van der Waals surface area contributed by atoms with E-state index in [1.165, 1.54) is 12.1 Å². The average molecular weight is 219 g/mol. The third kappa shape index (κ3) is 2.03. The van der Waals surface area contributed by atoms with E-state index in [4.69, 9.17) is 10.2 Å². The van der Waals surface area contributed by atoms with Gasteiger partial charge in [0.1, 0.15) is 23.3 Å². The van der Waals surface area contributed by atoms with Crippen LogP contribution >= 0.6 is 0 Å². The van der Waals surface area contributed by atoms with Crippen LogP contribution in [-0.2, 0) is 6.42 Å². The molecular weight excluding hydrogens is 210 g/mol. The van der Waals surface area contributed by atoms with E-state index in [9.17, 15) is 4.79 Å². The van der Waals surface area contributed by atoms with E-state index < -0.39 is 5.97 Å². The second-order valence-corrected chi connectivity index (χ2v) is 3.32. The number of carboxylic acid groups (broad SMARTS) is 1. The first-order valence-electron chi connectivity index (χ1n) is 4.61. The molecule has 2 aromatic rings. The van der Waals surface area contributed by atoms with Crippen LogP contribution in [0.3, 0.4) is 0 Å². The Morgan fingerprint density at radius 2 is 2.00 bits per heavy atom. The van der Waals surface area contributed by atoms with Crippen LogP contribution in [0.25, 0.3) is 0 Å². The molecule has 0 radical (unpaired) electrons. The van der Waals surface area contributed by atoms with Crippen molar-refractivity contribution >= 4 is 5.97 Å². The van der Waals surface area contributed by atoms with Gasteiger partial charge < -0.3 is 14.7 Å². The number of aromatic hydroxyl groups is 1. The van der Waals surface area contributed by atoms with E-state index >= 15 is 0 Å². The number of nitrogens with zero attached hydrogens (tertiary/aromatic N) is 1. The minimum Gasteiger partial charge on any atom is -0.508 e. The molecule has 0 aliphatic carbocycles. The summed E-state index contributed by atoms with van der Waals surface area (Å²) in [6.07, 6.45) is 1.47. The smallest absolute Gasteiger partial charge is 0.340 e. The Labute approximate surface area is 90.9 Å². The lowest BCUT2D eigenvalue weighted by atomic mass is 10.1. The van der Waals surface area contributed by atoms with Crippen LogP contribution in [0.1, 0.15) is 21.6 Å². The largest absolute Gasteiger partial charge is 0.508 e. The molecule has 5 nitrogen and oxygen atoms in total. The molecule has 1 heterocycles. The third-order valence-corrected chi connectivity index (χ3v) is 2.18. The van der Waals surface area contributed by atoms with Crippen LogP contribution < -0.4 is 0 Å². The summed E-state index contributed by atoms with van der Waals surface area (Å²) in [5.41, 5.74) is 1.29. The number of phenolic OH excluding ortho intramolecular Hbond substituents is 1. The van der Waals surface area contributed by atoms with Gasteiger partial charge in [-0.1, -0.05) is 17.3 Å². The van der Waals surface area contributed by atoms with Crippen LogP contribution in [0.4, 0.5) is 0 Å². The SMILES string of the molecule is O=C(O)c1conc1Cc1ccc(O)cc1. The molecule has 5 heteroatoms. The first-order chi connectivity index (χ1) is 7.66. The number of hydrogen-bond donors (Lipinski definition) is 2. The van der Waals surface area contributed by atoms with Gasteiger partial charge >= 0.3 is 5.97 Å². The number of aromatic nitrogens is 1. The lowest BCUT2D eigenvalue weighted by Gasteiger charge is -1.99. The lowest BCUT2D eigenvalue weighted by molar-refractivity contribution is 0.0695. The highest BCUT2D eigenvalue weighted by Gasteiger charge is 2.14. The molecule has 82 valence electrons. The van der Waals surface area contributed by atoms with E-state index in [0.29, 0.717) is 12.1 Å². The van der Waals surface area contributed by atoms with Crippen molar-refractivity contribution in [3.05, 3.63) is 47.3 Å². The van der Waals surface area contributed by atoms with E-state index in [1.807, 2.05) is 0 Å². The van der Waals surface area contributed by atoms with Crippen molar-refractivity contribution in [3.8, 4) is 5.75 Å². The number of carboxylic acids is 1. The van der Waals surface area contributed by atoms with Crippen molar-refractivity contribution in [2.45, 2.75) is 6.42 Å². The fourth-order valence-electron chi connectivity index (χ4n) is 1.37. The lowest BCUT2D eigenvalue weighted by Crippen LogP contribution is -2.00. The molecule has 0 amide bonds. The van der Waals surface area contributed by atoms with E-state index in [2.05, 4.69) is 9.68 Å². The number of rotatable bonds is 3. The highest BCUT2D eigenvalue weighted by Crippen LogP contribution is 2.15. The maximum atomic E-state index is 10.8. The summed E-state index contributed by atoms with van der Waals surface area (Å²) < 4.78 is 4.62. The number of phenols is 1. The molecule has 0 atom stereocenters. The van der Waals surface area contributed by atoms with Crippen molar-refractivity contribution in [3.63, 3.8) is 0 Å². The quantitative estimate of drug-likeness (QED) is 0.820. The van der Waals surface area contributed by atoms with Gasteiger partial charge in [-0.2, -0.15) is 0 Å². The van der Waals surface area contributed by atoms with Gasteiger partial charge in [0.05, 0.1) is 0 Å². The van der Waals surface area contributed by atoms with Gasteiger partial charge in [-0.25, -0.2) is 4.79 Å². The average Bonchev–Trinajstić information content (AvgIpc) is 2.69. The molecule has 2 rings (SSSR count). The second-order valence-electron chi connectivity index (χ2n) is 3.32. The molecule has 1 aromatic carbocycles. The summed E-state index contributed by atoms with van der Waals surface area (Å²) in [5, 5.41) is 21.6. The normalized spacial score (nSPS) is 10.2. The highest BCUT2D eigenvalue weighted by atomic mass is 16.5. The minimum atomic E-state index is -1.06. The Morgan fingerprint density at radius 3 is 2.62 bits per heavy atom. The molecule has 16 heavy (non-hydrogen) atoms. The Morgan fingerprint density at radius 1 is 1.31 bits per heavy atom. The van der Waals surface area contributed by atoms with Crippen LogP contribution in [0.15, 0.2) is 35.1 Å². The first kappa shape index (κ1) is 10.2. The molecule has 0 bridgehead atoms. The topological polar surface area (TPSA) is 83.6 Å². The standard InChI is InChI=1S/C11H9NO4/c13-8-3-1-7(2-4-8)5-10-9(11(14)15)6-16-12-10/h1-4,6,13H,5H2,(H,14,15). The van der Waals surface area contributed by atoms with Gasteiger partial charge in [0, 0.05) is 6.42 Å². The summed E-state index contributed by atoms with van der Waals surface area (Å²) in [5.74, 6) is -0.891. The zero-order chi connectivity index (χ0) is 11.5. The van der Waals surface area contributed by atoms with Gasteiger partial charge in [-0.05, 0) is 17.7 Å². The van der Waals surface area contributed by atoms with Crippen LogP contribution in [-0.4, -0.2) is 21.3 Å². The van der Waals surface area contributed by atoms with Crippen molar-refractivity contribution in [2.75, 3.05) is 0 Å². The Bertz CT molecular complexity index is 501. The fraction of sp³-hybridized carbons (Fsp3) is 0.0909. The van der Waals surface area contributed by atoms with Crippen molar-refractivity contribution in [1.82, 2.24) is 5.16 Å². The van der Waals surface area contributed by atoms with Crippen LogP contribution in [0, 0.1) is 0 Å². The predicted molar refractivity (Wildman–Crippen MR) is 54.4 cm³/mol. The maximum absolute atomic E-state index is 10.8. The highest BCUT2D eigenvalue weighted by molar-refractivity contribution is 5.88. The zero-order valence-electron chi connectivity index (χ0n) is 8.25. The molecule has 0 unspecified atom stereocenters. The molecule has 0 saturated heterocycles. The molecule has 1 aromatic heterocycles. The van der Waals surface area contributed by atoms with Crippen molar-refractivity contribution in [1.29, 1.82) is 0 Å². The summed E-state index contributed by atoms with van der Waals surface area (Å²) in [4.78, 5) is 10.8. The number of carbonyl (C=O) groups is 1. The second kappa shape index (κ2) is 4.06. The first-order valence-corrected chi connectivity index (χ1v) is 4.61. The monoisotopic (exact) mass is 219 g/mol. The summed E-state index contributed by atoms with van der Waals surface area (Å²) >= 11 is 0. The molecule has 0 aliphatic rings. The Kier molecular flexibility index (Phi) is 2.59. The van der Waals surface area contributed by atoms with Gasteiger partial charge in [0.25, 0.3) is 0 Å². The van der Waals surface area contributed by atoms with Crippen LogP contribution in [0.5, 0.6) is 5.75 Å². The Balaban J connectivity index is 2.23. The molecular formula is C11H9NO4. The van der Waals surface area contributed by atoms with E-state index in [0.717, 1.165) is 11.8 Å². The van der Waals surface area contributed by atoms with Crippen molar-refractivity contribution in [2.24, 2.45) is 0 Å². The van der Waals surface area contributed by atoms with Gasteiger partial charge in [-0.3, -0.25) is 0 Å². The predicted octanol–water partition coefficient (Wildman–Crippen LogP) is 1.67. The van der Waals surface area contributed by atoms with Crippen LogP contribution in [0.2, 0.25) is 0 Å². The van der Waals surface area contributed by atoms with E-state index in [1.54, 1.807) is 12.1 Å². The molecule has 0 fully saturated rings. The minimum absolute atomic E-state index is 0.0630. The number of benzene rings is 1. The van der Waals surface area contributed by atoms with E-state index in [-0.39, 0.29) is 11.3 Å². The molecule has 0 spiro atoms. The molecule has 0 aliphatic heterocycles. The number of aromatic carboxylic acids is 1. The van der Waals surface area contributed by atoms with Gasteiger partial charge in [0.15, 0.2) is 0 Å². The third-order valence-electron chi connectivity index (χ3n) is 2.18. The zero-order valence-corrected chi connectivity index (χ0v) is 8.25. The van der Waals surface area contributed by atoms with Gasteiger partial charge in [-0.15, -0.1) is 0 Å². The van der Waals surface area contributed by atoms with Gasteiger partial charge in [0.2, 0.25) is 0 Å². The van der Waals surface area contributed by atoms with Crippen molar-refractivity contribution < 1.29 is 19.5 Å². The molecule has 2 N–H and O–H groups in total.